The highest BCUT2D eigenvalue weighted by Crippen LogP contribution is 2.40. The Hall–Kier alpha value is -2.47. The molecule has 3 aliphatic heterocycles. The first-order valence-electron chi connectivity index (χ1n) is 25.6. The number of anilines is 1. The van der Waals surface area contributed by atoms with E-state index in [0.717, 1.165) is 11.3 Å². The third-order valence-corrected chi connectivity index (χ3v) is 15.7. The number of alkyl halides is 2. The number of cyclic esters (lactones) is 1. The summed E-state index contributed by atoms with van der Waals surface area (Å²) < 4.78 is 44.8. The molecule has 0 radical (unpaired) electrons. The highest BCUT2D eigenvalue weighted by atomic mass is 35.5. The van der Waals surface area contributed by atoms with Crippen LogP contribution < -0.4 is 10.2 Å². The van der Waals surface area contributed by atoms with Crippen LogP contribution in [-0.2, 0) is 54.0 Å². The van der Waals surface area contributed by atoms with Crippen LogP contribution in [0.5, 0.6) is 0 Å². The number of carbonyl (C=O) groups is 3. The number of carbonyl (C=O) groups excluding carboxylic acids is 3. The zero-order valence-corrected chi connectivity index (χ0v) is 47.0. The van der Waals surface area contributed by atoms with Gasteiger partial charge in [0.25, 0.3) is 0 Å². The summed E-state index contributed by atoms with van der Waals surface area (Å²) in [4.78, 5) is 47.6. The number of halogens is 2. The lowest BCUT2D eigenvalue weighted by Crippen LogP contribution is -2.61. The minimum atomic E-state index is -2.12. The Morgan fingerprint density at radius 2 is 1.55 bits per heavy atom. The molecule has 1 aromatic carbocycles. The Morgan fingerprint density at radius 3 is 2.10 bits per heavy atom. The average molecular weight is 1080 g/mol. The molecule has 21 heteroatoms. The number of benzene rings is 1. The van der Waals surface area contributed by atoms with Gasteiger partial charge in [-0.05, 0) is 106 Å². The molecule has 0 bridgehead atoms. The number of hydrogen-bond donors (Lipinski definition) is 6. The van der Waals surface area contributed by atoms with Crippen LogP contribution in [0.2, 0.25) is 0 Å². The Kier molecular flexibility index (Phi) is 23.5. The van der Waals surface area contributed by atoms with Gasteiger partial charge >= 0.3 is 11.9 Å². The van der Waals surface area contributed by atoms with Crippen molar-refractivity contribution in [1.82, 2.24) is 15.1 Å². The first-order valence-corrected chi connectivity index (χ1v) is 26.7. The fraction of sp³-hybridized carbons (Fsp3) is 0.827. The molecule has 0 spiro atoms. The van der Waals surface area contributed by atoms with Gasteiger partial charge in [-0.2, -0.15) is 0 Å². The van der Waals surface area contributed by atoms with E-state index in [1.54, 1.807) is 48.6 Å². The molecule has 3 fully saturated rings. The zero-order valence-electron chi connectivity index (χ0n) is 45.5. The quantitative estimate of drug-likeness (QED) is 0.0971. The molecule has 6 N–H and O–H groups in total. The van der Waals surface area contributed by atoms with Crippen LogP contribution in [0.4, 0.5) is 5.69 Å². The van der Waals surface area contributed by atoms with Crippen molar-refractivity contribution in [3.63, 3.8) is 0 Å². The van der Waals surface area contributed by atoms with E-state index in [9.17, 15) is 39.9 Å². The summed E-state index contributed by atoms with van der Waals surface area (Å²) in [5, 5.41) is 60.9. The van der Waals surface area contributed by atoms with Crippen molar-refractivity contribution < 1.29 is 73.1 Å². The monoisotopic (exact) mass is 1080 g/mol. The van der Waals surface area contributed by atoms with Crippen LogP contribution >= 0.6 is 23.2 Å². The lowest BCUT2D eigenvalue weighted by atomic mass is 9.77. The molecule has 2 unspecified atom stereocenters. The molecule has 0 aliphatic carbocycles. The zero-order chi connectivity index (χ0) is 54.9. The molecule has 420 valence electrons. The molecule has 0 saturated carbocycles. The van der Waals surface area contributed by atoms with Crippen LogP contribution in [0.15, 0.2) is 24.3 Å². The van der Waals surface area contributed by atoms with Gasteiger partial charge < -0.3 is 78.7 Å². The van der Waals surface area contributed by atoms with Crippen LogP contribution in [-0.4, -0.2) is 216 Å². The van der Waals surface area contributed by atoms with Gasteiger partial charge in [-0.3, -0.25) is 9.59 Å². The number of esters is 2. The highest BCUT2D eigenvalue weighted by Gasteiger charge is 2.53. The average Bonchev–Trinajstić information content (AvgIpc) is 3.31. The minimum Gasteiger partial charge on any atom is -0.456 e. The van der Waals surface area contributed by atoms with E-state index in [4.69, 9.17) is 56.4 Å². The first-order chi connectivity index (χ1) is 34.0. The number of likely N-dealkylation sites (N-methyl/N-ethyl adjacent to an activating group) is 2. The molecule has 4 rings (SSSR count). The van der Waals surface area contributed by atoms with Crippen LogP contribution in [0.3, 0.4) is 0 Å². The topological polar surface area (TPSA) is 239 Å². The van der Waals surface area contributed by atoms with Gasteiger partial charge in [-0.15, -0.1) is 23.2 Å². The molecule has 73 heavy (non-hydrogen) atoms. The standard InChI is InChI=1S/C52H88Cl2N4O15/c1-29-25-50(8,65)46(31(3)42(71-41-26-51(9,67-14)45(62)34(6)69-41)32(4)47(63)70-40(28-59)52(10,66)44(61)33(5)57(13)27-29)73-49-43(39(56(11)12)23-30(2)68-49)72-48(64)38(55-35(7)60)24-36-15-17-37(18-16-36)58(21-19-53)22-20-54/h15-18,29-34,38-46,49,59,61-62,65-66H,19-28H2,1-14H3,(H,55,60)/t29-,30-,31+,32-,33-,34+,38?,39+,40-,41+,42+,43-,44-,45+,46-,49?,50-,51-,52-/m1/s1. The van der Waals surface area contributed by atoms with Gasteiger partial charge in [0.2, 0.25) is 5.91 Å². The van der Waals surface area contributed by atoms with Crippen molar-refractivity contribution in [2.45, 2.75) is 191 Å². The first kappa shape index (κ1) is 63.1. The van der Waals surface area contributed by atoms with Gasteiger partial charge in [0.1, 0.15) is 23.9 Å². The lowest BCUT2D eigenvalue weighted by Gasteiger charge is -2.49. The number of hydrogen-bond acceptors (Lipinski definition) is 18. The maximum Gasteiger partial charge on any atom is 0.329 e. The summed E-state index contributed by atoms with van der Waals surface area (Å²) in [5.41, 5.74) is -3.37. The normalized spacial score (nSPS) is 38.9. The lowest BCUT2D eigenvalue weighted by molar-refractivity contribution is -0.319. The number of methoxy groups -OCH3 is 1. The molecule has 3 aliphatic rings. The third-order valence-electron chi connectivity index (χ3n) is 15.3. The summed E-state index contributed by atoms with van der Waals surface area (Å²) in [6.07, 6.45) is -10.8. The number of nitrogens with zero attached hydrogens (tertiary/aromatic N) is 3. The summed E-state index contributed by atoms with van der Waals surface area (Å²) >= 11 is 12.1. The predicted molar refractivity (Wildman–Crippen MR) is 276 cm³/mol. The van der Waals surface area contributed by atoms with Crippen molar-refractivity contribution in [3.05, 3.63) is 29.8 Å². The molecular weight excluding hydrogens is 991 g/mol. The number of nitrogens with one attached hydrogen (secondary N) is 1. The maximum atomic E-state index is 14.6. The molecule has 19 nitrogen and oxygen atoms in total. The van der Waals surface area contributed by atoms with Crippen LogP contribution in [0.25, 0.3) is 0 Å². The van der Waals surface area contributed by atoms with E-state index in [1.165, 1.54) is 21.0 Å². The van der Waals surface area contributed by atoms with E-state index < -0.39 is 133 Å². The third kappa shape index (κ3) is 16.1. The molecule has 1 aromatic rings. The Balaban J connectivity index is 1.84. The fourth-order valence-corrected chi connectivity index (χ4v) is 11.3. The maximum absolute atomic E-state index is 14.6. The highest BCUT2D eigenvalue weighted by molar-refractivity contribution is 6.18. The molecule has 3 saturated heterocycles. The summed E-state index contributed by atoms with van der Waals surface area (Å²) in [6.45, 7) is 17.0. The van der Waals surface area contributed by atoms with E-state index in [1.807, 2.05) is 62.0 Å². The van der Waals surface area contributed by atoms with Gasteiger partial charge in [-0.25, -0.2) is 4.79 Å². The van der Waals surface area contributed by atoms with Crippen molar-refractivity contribution in [1.29, 1.82) is 0 Å². The number of aliphatic hydroxyl groups excluding tert-OH is 3. The number of aliphatic hydroxyl groups is 5. The molecule has 0 aromatic heterocycles. The molecule has 1 amide bonds. The summed E-state index contributed by atoms with van der Waals surface area (Å²) in [6, 6.07) is 5.20. The number of rotatable bonds is 17. The SMILES string of the molecule is CO[C@]1(C)C[C@H](O[C@H]2[C@H](C)[C@@H](OC3O[C@H](C)C[C@H](N(C)C)[C@H]3OC(=O)C(Cc3ccc(N(CCCl)CCCl)cc3)NC(C)=O)[C@](C)(O)C[C@@H](C)CN(C)[C@H](C)[C@@H](O)[C@](C)(O)[C@@H](CO)OC(=O)[C@@H]2C)O[C@@H](C)[C@@H]1O. The van der Waals surface area contributed by atoms with Crippen molar-refractivity contribution in [2.75, 3.05) is 71.2 Å². The van der Waals surface area contributed by atoms with E-state index in [-0.39, 0.29) is 25.2 Å². The predicted octanol–water partition coefficient (Wildman–Crippen LogP) is 3.07. The largest absolute Gasteiger partial charge is 0.456 e. The fourth-order valence-electron chi connectivity index (χ4n) is 10.9. The second-order valence-corrected chi connectivity index (χ2v) is 22.6. The van der Waals surface area contributed by atoms with Crippen LogP contribution in [0, 0.1) is 17.8 Å². The number of amides is 1. The van der Waals surface area contributed by atoms with Gasteiger partial charge in [-0.1, -0.05) is 26.0 Å². The Labute approximate surface area is 443 Å². The second kappa shape index (κ2) is 27.2. The number of ether oxygens (including phenoxy) is 7. The minimum absolute atomic E-state index is 0.0231. The summed E-state index contributed by atoms with van der Waals surface area (Å²) in [5.74, 6) is -3.79. The van der Waals surface area contributed by atoms with Crippen molar-refractivity contribution in [2.24, 2.45) is 17.8 Å². The van der Waals surface area contributed by atoms with Crippen LogP contribution in [0.1, 0.15) is 94.1 Å². The van der Waals surface area contributed by atoms with Gasteiger partial charge in [0, 0.05) is 75.9 Å². The Bertz CT molecular complexity index is 1900. The molecule has 3 heterocycles. The van der Waals surface area contributed by atoms with Gasteiger partial charge in [0.05, 0.1) is 54.2 Å². The van der Waals surface area contributed by atoms with E-state index in [2.05, 4.69) is 10.2 Å². The Morgan fingerprint density at radius 1 is 0.932 bits per heavy atom. The van der Waals surface area contributed by atoms with E-state index in [0.29, 0.717) is 37.8 Å². The second-order valence-electron chi connectivity index (χ2n) is 21.8. The van der Waals surface area contributed by atoms with Crippen molar-refractivity contribution in [3.8, 4) is 0 Å². The van der Waals surface area contributed by atoms with Gasteiger partial charge in [0.15, 0.2) is 24.8 Å². The van der Waals surface area contributed by atoms with E-state index >= 15 is 0 Å². The van der Waals surface area contributed by atoms with Crippen molar-refractivity contribution >= 4 is 46.7 Å². The molecular formula is C52H88Cl2N4O15. The smallest absolute Gasteiger partial charge is 0.329 e. The summed E-state index contributed by atoms with van der Waals surface area (Å²) in [7, 11) is 6.91. The molecule has 19 atom stereocenters.